The van der Waals surface area contributed by atoms with Crippen LogP contribution in [0.4, 0.5) is 5.13 Å². The first-order valence-electron chi connectivity index (χ1n) is 6.68. The largest absolute Gasteiger partial charge is 0.440 e. The number of aryl methyl sites for hydroxylation is 4. The van der Waals surface area contributed by atoms with Crippen molar-refractivity contribution >= 4 is 27.6 Å². The molecule has 2 aromatic heterocycles. The van der Waals surface area contributed by atoms with E-state index in [1.807, 2.05) is 5.38 Å². The van der Waals surface area contributed by atoms with Crippen LogP contribution in [0, 0.1) is 13.8 Å². The fraction of sp³-hybridized carbons (Fsp3) is 0.333. The smallest absolute Gasteiger partial charge is 0.195 e. The predicted molar refractivity (Wildman–Crippen MR) is 82.0 cm³/mol. The zero-order valence-corrected chi connectivity index (χ0v) is 12.5. The van der Waals surface area contributed by atoms with Gasteiger partial charge in [0.25, 0.3) is 0 Å². The molecule has 1 aromatic carbocycles. The van der Waals surface area contributed by atoms with E-state index in [1.54, 1.807) is 0 Å². The van der Waals surface area contributed by atoms with Gasteiger partial charge in [-0.05, 0) is 43.9 Å². The molecule has 0 aliphatic heterocycles. The van der Waals surface area contributed by atoms with Gasteiger partial charge in [0.15, 0.2) is 16.6 Å². The second-order valence-corrected chi connectivity index (χ2v) is 5.96. The zero-order valence-electron chi connectivity index (χ0n) is 11.6. The Labute approximate surface area is 121 Å². The van der Waals surface area contributed by atoms with E-state index >= 15 is 0 Å². The second-order valence-electron chi connectivity index (χ2n) is 5.07. The molecule has 0 saturated heterocycles. The van der Waals surface area contributed by atoms with E-state index in [2.05, 4.69) is 35.9 Å². The molecule has 3 aromatic rings. The molecule has 0 atom stereocenters. The Morgan fingerprint density at radius 3 is 2.80 bits per heavy atom. The number of rotatable bonds is 4. The second kappa shape index (κ2) is 5.25. The van der Waals surface area contributed by atoms with E-state index in [1.165, 1.54) is 16.9 Å². The Hall–Kier alpha value is -1.88. The molecule has 0 radical (unpaired) electrons. The topological polar surface area (TPSA) is 64.9 Å². The molecule has 104 valence electrons. The Kier molecular flexibility index (Phi) is 3.44. The maximum Gasteiger partial charge on any atom is 0.195 e. The molecule has 2 heterocycles. The van der Waals surface area contributed by atoms with E-state index in [9.17, 15) is 0 Å². The number of thiazole rings is 1. The highest BCUT2D eigenvalue weighted by atomic mass is 32.1. The fourth-order valence-corrected chi connectivity index (χ4v) is 2.99. The van der Waals surface area contributed by atoms with Crippen molar-refractivity contribution in [2.75, 3.05) is 5.73 Å². The van der Waals surface area contributed by atoms with Crippen LogP contribution in [-0.2, 0) is 12.8 Å². The van der Waals surface area contributed by atoms with E-state index in [0.717, 1.165) is 47.5 Å². The van der Waals surface area contributed by atoms with Gasteiger partial charge < -0.3 is 10.2 Å². The van der Waals surface area contributed by atoms with Crippen LogP contribution in [-0.4, -0.2) is 9.97 Å². The lowest BCUT2D eigenvalue weighted by Crippen LogP contribution is -1.91. The SMILES string of the molecule is Cc1cc(C)c2oc(CCCc3csc(N)n3)nc2c1. The lowest BCUT2D eigenvalue weighted by atomic mass is 10.1. The number of hydrogen-bond acceptors (Lipinski definition) is 5. The van der Waals surface area contributed by atoms with Gasteiger partial charge in [0, 0.05) is 11.8 Å². The number of fused-ring (bicyclic) bond motifs is 1. The maximum atomic E-state index is 5.84. The third-order valence-corrected chi connectivity index (χ3v) is 3.98. The lowest BCUT2D eigenvalue weighted by Gasteiger charge is -1.95. The van der Waals surface area contributed by atoms with Crippen LogP contribution in [0.15, 0.2) is 21.9 Å². The molecule has 0 bridgehead atoms. The molecule has 4 nitrogen and oxygen atoms in total. The van der Waals surface area contributed by atoms with Crippen LogP contribution in [0.1, 0.15) is 29.1 Å². The Bertz CT molecular complexity index is 745. The summed E-state index contributed by atoms with van der Waals surface area (Å²) in [6, 6.07) is 4.19. The molecule has 3 rings (SSSR count). The Balaban J connectivity index is 1.70. The summed E-state index contributed by atoms with van der Waals surface area (Å²) >= 11 is 1.49. The number of aromatic nitrogens is 2. The highest BCUT2D eigenvalue weighted by molar-refractivity contribution is 7.13. The zero-order chi connectivity index (χ0) is 14.1. The standard InChI is InChI=1S/C15H17N3OS/c1-9-6-10(2)14-12(7-9)18-13(19-14)5-3-4-11-8-20-15(16)17-11/h6-8H,3-5H2,1-2H3,(H2,16,17). The number of nitrogens with zero attached hydrogens (tertiary/aromatic N) is 2. The summed E-state index contributed by atoms with van der Waals surface area (Å²) in [4.78, 5) is 8.82. The highest BCUT2D eigenvalue weighted by Gasteiger charge is 2.09. The first kappa shape index (κ1) is 13.1. The van der Waals surface area contributed by atoms with Crippen molar-refractivity contribution in [3.8, 4) is 0 Å². The van der Waals surface area contributed by atoms with Gasteiger partial charge in [0.1, 0.15) is 5.52 Å². The summed E-state index contributed by atoms with van der Waals surface area (Å²) in [5.41, 5.74) is 10.9. The van der Waals surface area contributed by atoms with Crippen molar-refractivity contribution < 1.29 is 4.42 Å². The minimum absolute atomic E-state index is 0.632. The van der Waals surface area contributed by atoms with Crippen LogP contribution >= 0.6 is 11.3 Å². The Morgan fingerprint density at radius 2 is 2.05 bits per heavy atom. The number of nitrogen functional groups attached to an aromatic ring is 1. The summed E-state index contributed by atoms with van der Waals surface area (Å²) in [6.07, 6.45) is 2.70. The van der Waals surface area contributed by atoms with Gasteiger partial charge in [0.05, 0.1) is 5.69 Å². The summed E-state index contributed by atoms with van der Waals surface area (Å²) in [5, 5.41) is 2.64. The molecular weight excluding hydrogens is 270 g/mol. The number of oxazole rings is 1. The van der Waals surface area contributed by atoms with Crippen molar-refractivity contribution in [3.05, 3.63) is 40.2 Å². The average molecular weight is 287 g/mol. The van der Waals surface area contributed by atoms with Crippen molar-refractivity contribution in [1.82, 2.24) is 9.97 Å². The van der Waals surface area contributed by atoms with Crippen LogP contribution in [0.3, 0.4) is 0 Å². The van der Waals surface area contributed by atoms with Crippen LogP contribution in [0.5, 0.6) is 0 Å². The van der Waals surface area contributed by atoms with Gasteiger partial charge in [-0.2, -0.15) is 0 Å². The van der Waals surface area contributed by atoms with Gasteiger partial charge in [-0.1, -0.05) is 6.07 Å². The minimum Gasteiger partial charge on any atom is -0.440 e. The molecule has 0 amide bonds. The van der Waals surface area contributed by atoms with Crippen molar-refractivity contribution in [2.45, 2.75) is 33.1 Å². The minimum atomic E-state index is 0.632. The maximum absolute atomic E-state index is 5.84. The third kappa shape index (κ3) is 2.67. The van der Waals surface area contributed by atoms with Crippen molar-refractivity contribution in [1.29, 1.82) is 0 Å². The van der Waals surface area contributed by atoms with Gasteiger partial charge in [0.2, 0.25) is 0 Å². The van der Waals surface area contributed by atoms with Crippen molar-refractivity contribution in [3.63, 3.8) is 0 Å². The average Bonchev–Trinajstić information content (AvgIpc) is 2.96. The van der Waals surface area contributed by atoms with Crippen LogP contribution in [0.2, 0.25) is 0 Å². The first-order valence-corrected chi connectivity index (χ1v) is 7.56. The molecule has 0 saturated carbocycles. The number of hydrogen-bond donors (Lipinski definition) is 1. The van der Waals surface area contributed by atoms with E-state index in [4.69, 9.17) is 10.2 Å². The molecule has 0 unspecified atom stereocenters. The molecule has 0 spiro atoms. The fourth-order valence-electron chi connectivity index (χ4n) is 2.39. The normalized spacial score (nSPS) is 11.3. The number of anilines is 1. The van der Waals surface area contributed by atoms with E-state index < -0.39 is 0 Å². The summed E-state index contributed by atoms with van der Waals surface area (Å²) in [7, 11) is 0. The summed E-state index contributed by atoms with van der Waals surface area (Å²) in [5.74, 6) is 0.803. The van der Waals surface area contributed by atoms with Crippen LogP contribution in [0.25, 0.3) is 11.1 Å². The van der Waals surface area contributed by atoms with Gasteiger partial charge >= 0.3 is 0 Å². The summed E-state index contributed by atoms with van der Waals surface area (Å²) in [6.45, 7) is 4.13. The van der Waals surface area contributed by atoms with E-state index in [-0.39, 0.29) is 0 Å². The van der Waals surface area contributed by atoms with Gasteiger partial charge in [-0.25, -0.2) is 9.97 Å². The molecular formula is C15H17N3OS. The molecule has 5 heteroatoms. The van der Waals surface area contributed by atoms with Crippen LogP contribution < -0.4 is 5.73 Å². The number of benzene rings is 1. The quantitative estimate of drug-likeness (QED) is 0.795. The van der Waals surface area contributed by atoms with Gasteiger partial charge in [-0.3, -0.25) is 0 Å². The lowest BCUT2D eigenvalue weighted by molar-refractivity contribution is 0.517. The third-order valence-electron chi connectivity index (χ3n) is 3.26. The first-order chi connectivity index (χ1) is 9.61. The van der Waals surface area contributed by atoms with Crippen molar-refractivity contribution in [2.24, 2.45) is 0 Å². The number of nitrogens with two attached hydrogens (primary N) is 1. The van der Waals surface area contributed by atoms with Gasteiger partial charge in [-0.15, -0.1) is 11.3 Å². The van der Waals surface area contributed by atoms with E-state index in [0.29, 0.717) is 5.13 Å². The Morgan fingerprint density at radius 1 is 1.20 bits per heavy atom. The molecule has 0 fully saturated rings. The molecule has 2 N–H and O–H groups in total. The highest BCUT2D eigenvalue weighted by Crippen LogP contribution is 2.22. The predicted octanol–water partition coefficient (Wildman–Crippen LogP) is 3.66. The molecule has 20 heavy (non-hydrogen) atoms. The summed E-state index contributed by atoms with van der Waals surface area (Å²) < 4.78 is 5.84. The molecule has 0 aliphatic rings. The molecule has 0 aliphatic carbocycles. The monoisotopic (exact) mass is 287 g/mol.